The quantitative estimate of drug-likeness (QED) is 0.632. The number of hydrogen-bond acceptors (Lipinski definition) is 3. The highest BCUT2D eigenvalue weighted by atomic mass is 16.2. The van der Waals surface area contributed by atoms with E-state index in [0.717, 1.165) is 32.2 Å². The molecule has 6 heteroatoms. The molecule has 0 aromatic rings. The van der Waals surface area contributed by atoms with Crippen LogP contribution in [0, 0.1) is 11.8 Å². The lowest BCUT2D eigenvalue weighted by Crippen LogP contribution is -2.50. The third-order valence-corrected chi connectivity index (χ3v) is 4.99. The molecule has 0 aromatic carbocycles. The number of likely N-dealkylation sites (tertiary alicyclic amines) is 1. The van der Waals surface area contributed by atoms with Crippen LogP contribution in [0.2, 0.25) is 0 Å². The van der Waals surface area contributed by atoms with Crippen LogP contribution in [0.4, 0.5) is 4.79 Å². The van der Waals surface area contributed by atoms with Crippen LogP contribution in [0.3, 0.4) is 0 Å². The Balaban J connectivity index is 2.39. The molecule has 0 aromatic heterocycles. The summed E-state index contributed by atoms with van der Waals surface area (Å²) in [6, 6.07) is -0.00764. The highest BCUT2D eigenvalue weighted by Crippen LogP contribution is 2.20. The number of carbonyl (C=O) groups is 2. The molecule has 1 heterocycles. The number of nitrogens with one attached hydrogen (secondary N) is 2. The first-order valence-electron chi connectivity index (χ1n) is 9.38. The Morgan fingerprint density at radius 2 is 1.92 bits per heavy atom. The predicted octanol–water partition coefficient (Wildman–Crippen LogP) is 2.09. The van der Waals surface area contributed by atoms with Crippen molar-refractivity contribution >= 4 is 11.9 Å². The number of amides is 3. The summed E-state index contributed by atoms with van der Waals surface area (Å²) in [4.78, 5) is 26.2. The lowest BCUT2D eigenvalue weighted by Gasteiger charge is -2.33. The fraction of sp³-hybridized carbons (Fsp3) is 0.889. The molecule has 1 rings (SSSR count). The van der Waals surface area contributed by atoms with E-state index < -0.39 is 0 Å². The number of urea groups is 1. The summed E-state index contributed by atoms with van der Waals surface area (Å²) in [6.45, 7) is 10.9. The average Bonchev–Trinajstić information content (AvgIpc) is 2.57. The molecular formula is C18H36N4O2. The van der Waals surface area contributed by atoms with Gasteiger partial charge in [-0.25, -0.2) is 4.79 Å². The largest absolute Gasteiger partial charge is 0.354 e. The van der Waals surface area contributed by atoms with Crippen molar-refractivity contribution < 1.29 is 9.59 Å². The SMILES string of the molecule is CCC(N)(CC)CNC(=O)CC1CCCN(C(=O)NCC(C)C)C1. The summed E-state index contributed by atoms with van der Waals surface area (Å²) in [6.07, 6.45) is 4.11. The molecule has 4 N–H and O–H groups in total. The van der Waals surface area contributed by atoms with Gasteiger partial charge in [0.15, 0.2) is 0 Å². The molecule has 1 saturated heterocycles. The number of nitrogens with two attached hydrogens (primary N) is 1. The molecule has 0 saturated carbocycles. The zero-order valence-electron chi connectivity index (χ0n) is 15.9. The molecule has 3 amide bonds. The molecule has 6 nitrogen and oxygen atoms in total. The van der Waals surface area contributed by atoms with Gasteiger partial charge in [0.25, 0.3) is 0 Å². The van der Waals surface area contributed by atoms with Gasteiger partial charge in [0.1, 0.15) is 0 Å². The lowest BCUT2D eigenvalue weighted by molar-refractivity contribution is -0.122. The van der Waals surface area contributed by atoms with Crippen molar-refractivity contribution in [3.63, 3.8) is 0 Å². The number of carbonyl (C=O) groups excluding carboxylic acids is 2. The molecule has 0 radical (unpaired) electrons. The predicted molar refractivity (Wildman–Crippen MR) is 97.7 cm³/mol. The summed E-state index contributed by atoms with van der Waals surface area (Å²) in [7, 11) is 0. The van der Waals surface area contributed by atoms with Gasteiger partial charge in [0, 0.05) is 38.1 Å². The van der Waals surface area contributed by atoms with Crippen LogP contribution < -0.4 is 16.4 Å². The van der Waals surface area contributed by atoms with Gasteiger partial charge >= 0.3 is 6.03 Å². The fourth-order valence-corrected chi connectivity index (χ4v) is 2.93. The topological polar surface area (TPSA) is 87.5 Å². The standard InChI is InChI=1S/C18H36N4O2/c1-5-18(19,6-2)13-21-16(23)10-15-8-7-9-22(12-15)17(24)20-11-14(3)4/h14-15H,5-13,19H2,1-4H3,(H,20,24)(H,21,23). The Bertz CT molecular complexity index is 408. The van der Waals surface area contributed by atoms with Gasteiger partial charge in [-0.1, -0.05) is 27.7 Å². The van der Waals surface area contributed by atoms with Crippen molar-refractivity contribution in [3.8, 4) is 0 Å². The summed E-state index contributed by atoms with van der Waals surface area (Å²) in [5, 5.41) is 5.93. The normalized spacial score (nSPS) is 18.6. The molecule has 0 aliphatic carbocycles. The van der Waals surface area contributed by atoms with Crippen molar-refractivity contribution in [3.05, 3.63) is 0 Å². The second-order valence-electron chi connectivity index (χ2n) is 7.58. The number of piperidine rings is 1. The number of nitrogens with zero attached hydrogens (tertiary/aromatic N) is 1. The minimum atomic E-state index is -0.314. The Hall–Kier alpha value is -1.30. The van der Waals surface area contributed by atoms with Crippen molar-refractivity contribution in [2.45, 2.75) is 65.3 Å². The van der Waals surface area contributed by atoms with Crippen LogP contribution in [0.15, 0.2) is 0 Å². The van der Waals surface area contributed by atoms with Crippen LogP contribution in [-0.4, -0.2) is 48.6 Å². The summed E-state index contributed by atoms with van der Waals surface area (Å²) >= 11 is 0. The summed E-state index contributed by atoms with van der Waals surface area (Å²) in [5.41, 5.74) is 5.91. The van der Waals surface area contributed by atoms with Crippen LogP contribution in [-0.2, 0) is 4.79 Å². The van der Waals surface area contributed by atoms with Crippen molar-refractivity contribution in [2.75, 3.05) is 26.2 Å². The van der Waals surface area contributed by atoms with Crippen LogP contribution in [0.1, 0.15) is 59.8 Å². The van der Waals surface area contributed by atoms with Gasteiger partial charge in [0.2, 0.25) is 5.91 Å². The van der Waals surface area contributed by atoms with E-state index in [1.54, 1.807) is 0 Å². The minimum Gasteiger partial charge on any atom is -0.354 e. The van der Waals surface area contributed by atoms with Gasteiger partial charge in [-0.05, 0) is 37.5 Å². The third-order valence-electron chi connectivity index (χ3n) is 4.99. The Morgan fingerprint density at radius 3 is 2.50 bits per heavy atom. The van der Waals surface area contributed by atoms with E-state index in [9.17, 15) is 9.59 Å². The van der Waals surface area contributed by atoms with Gasteiger partial charge in [0.05, 0.1) is 0 Å². The van der Waals surface area contributed by atoms with E-state index in [2.05, 4.69) is 24.5 Å². The van der Waals surface area contributed by atoms with E-state index in [1.165, 1.54) is 0 Å². The zero-order valence-corrected chi connectivity index (χ0v) is 15.9. The minimum absolute atomic E-state index is 0.00764. The third kappa shape index (κ3) is 7.07. The lowest BCUT2D eigenvalue weighted by atomic mass is 9.93. The van der Waals surface area contributed by atoms with E-state index in [4.69, 9.17) is 5.73 Å². The molecule has 140 valence electrons. The van der Waals surface area contributed by atoms with E-state index in [1.807, 2.05) is 18.7 Å². The fourth-order valence-electron chi connectivity index (χ4n) is 2.93. The molecule has 24 heavy (non-hydrogen) atoms. The maximum Gasteiger partial charge on any atom is 0.317 e. The van der Waals surface area contributed by atoms with Crippen molar-refractivity contribution in [2.24, 2.45) is 17.6 Å². The molecule has 0 spiro atoms. The van der Waals surface area contributed by atoms with Crippen LogP contribution in [0.5, 0.6) is 0 Å². The van der Waals surface area contributed by atoms with Crippen LogP contribution >= 0.6 is 0 Å². The molecule has 1 atom stereocenters. The first-order chi connectivity index (χ1) is 11.3. The highest BCUT2D eigenvalue weighted by molar-refractivity contribution is 5.77. The monoisotopic (exact) mass is 340 g/mol. The molecule has 0 bridgehead atoms. The van der Waals surface area contributed by atoms with Crippen molar-refractivity contribution in [1.82, 2.24) is 15.5 Å². The maximum atomic E-state index is 12.2. The Morgan fingerprint density at radius 1 is 1.25 bits per heavy atom. The van der Waals surface area contributed by atoms with Gasteiger partial charge < -0.3 is 21.3 Å². The maximum absolute atomic E-state index is 12.2. The Kier molecular flexibility index (Phi) is 8.53. The Labute approximate surface area is 146 Å². The van der Waals surface area contributed by atoms with E-state index in [0.29, 0.717) is 32.0 Å². The molecule has 1 aliphatic rings. The second kappa shape index (κ2) is 9.87. The number of rotatable bonds is 8. The molecular weight excluding hydrogens is 304 g/mol. The zero-order chi connectivity index (χ0) is 18.2. The van der Waals surface area contributed by atoms with E-state index >= 15 is 0 Å². The molecule has 1 fully saturated rings. The molecule has 1 unspecified atom stereocenters. The van der Waals surface area contributed by atoms with Gasteiger partial charge in [-0.15, -0.1) is 0 Å². The highest BCUT2D eigenvalue weighted by Gasteiger charge is 2.26. The molecule has 1 aliphatic heterocycles. The van der Waals surface area contributed by atoms with Crippen LogP contribution in [0.25, 0.3) is 0 Å². The van der Waals surface area contributed by atoms with Gasteiger partial charge in [-0.3, -0.25) is 4.79 Å². The summed E-state index contributed by atoms with van der Waals surface area (Å²) in [5.74, 6) is 0.717. The average molecular weight is 341 g/mol. The first kappa shape index (κ1) is 20.7. The van der Waals surface area contributed by atoms with E-state index in [-0.39, 0.29) is 23.4 Å². The van der Waals surface area contributed by atoms with Crippen molar-refractivity contribution in [1.29, 1.82) is 0 Å². The smallest absolute Gasteiger partial charge is 0.317 e. The second-order valence-corrected chi connectivity index (χ2v) is 7.58. The first-order valence-corrected chi connectivity index (χ1v) is 9.38. The number of hydrogen-bond donors (Lipinski definition) is 3. The summed E-state index contributed by atoms with van der Waals surface area (Å²) < 4.78 is 0. The van der Waals surface area contributed by atoms with Gasteiger partial charge in [-0.2, -0.15) is 0 Å².